The number of nitrogen functional groups attached to an aromatic ring is 1. The minimum absolute atomic E-state index is 0. The Morgan fingerprint density at radius 2 is 1.26 bits per heavy atom. The summed E-state index contributed by atoms with van der Waals surface area (Å²) < 4.78 is 13.6. The van der Waals surface area contributed by atoms with Gasteiger partial charge in [-0.25, -0.2) is 19.6 Å². The van der Waals surface area contributed by atoms with Crippen LogP contribution in [0, 0.1) is 10.1 Å². The molecule has 0 bridgehead atoms. The van der Waals surface area contributed by atoms with Gasteiger partial charge in [-0.3, -0.25) is 19.2 Å². The first-order valence-electron chi connectivity index (χ1n) is 15.1. The Morgan fingerprint density at radius 1 is 0.809 bits per heavy atom. The summed E-state index contributed by atoms with van der Waals surface area (Å²) in [7, 11) is 3.60. The number of ether oxygens (including phenoxy) is 2. The van der Waals surface area contributed by atoms with E-state index in [1.165, 1.54) is 27.6 Å². The second kappa shape index (κ2) is 16.4. The summed E-state index contributed by atoms with van der Waals surface area (Å²) in [5, 5.41) is 10.9. The molecule has 4 aromatic rings. The number of nitrogens with zero attached hydrogens (tertiary/aromatic N) is 7. The van der Waals surface area contributed by atoms with Gasteiger partial charge >= 0.3 is 12.1 Å². The second-order valence-corrected chi connectivity index (χ2v) is 11.2. The van der Waals surface area contributed by atoms with Crippen LogP contribution in [0.4, 0.5) is 21.0 Å². The zero-order chi connectivity index (χ0) is 32.6. The number of aromatic nitrogens is 4. The maximum Gasteiger partial charge on any atom is 0.329 e. The van der Waals surface area contributed by atoms with E-state index in [0.717, 1.165) is 36.9 Å². The molecule has 47 heavy (non-hydrogen) atoms. The molecule has 2 saturated heterocycles. The SMILES string of the molecule is CN(C(=O)n1cnc(-c2cccc(N)c2)c1)C1CCOCC1.CN(C(=O)n1cnc(-c2cccc([N+](=O)[O-])c2)c1)C1CCOCC1.[Pd]. The molecular formula is C32H38N8O6Pd. The Labute approximate surface area is 286 Å². The fourth-order valence-electron chi connectivity index (χ4n) is 5.45. The molecule has 252 valence electrons. The van der Waals surface area contributed by atoms with Gasteiger partial charge in [0.2, 0.25) is 0 Å². The largest absolute Gasteiger partial charge is 0.399 e. The van der Waals surface area contributed by atoms with Crippen molar-refractivity contribution in [2.45, 2.75) is 37.8 Å². The third-order valence-electron chi connectivity index (χ3n) is 8.22. The molecule has 15 heteroatoms. The van der Waals surface area contributed by atoms with E-state index < -0.39 is 4.92 Å². The van der Waals surface area contributed by atoms with Crippen molar-refractivity contribution >= 4 is 23.4 Å². The Morgan fingerprint density at radius 3 is 1.70 bits per heavy atom. The van der Waals surface area contributed by atoms with Gasteiger partial charge in [0.25, 0.3) is 5.69 Å². The van der Waals surface area contributed by atoms with Gasteiger partial charge < -0.3 is 25.0 Å². The zero-order valence-corrected chi connectivity index (χ0v) is 27.8. The standard InChI is InChI=1S/C16H18N4O4.C16H20N4O2.Pd/c1-18(13-5-7-24-8-6-13)16(21)19-10-15(17-11-19)12-3-2-4-14(9-12)20(22)23;1-19(14-5-7-22-8-6-14)16(21)20-10-15(18-11-20)12-3-2-4-13(17)9-12;/h2-4,9-11,13H,5-8H2,1H3;2-4,9-11,14H,5-8,17H2,1H3;. The third kappa shape index (κ3) is 8.89. The maximum absolute atomic E-state index is 12.6. The van der Waals surface area contributed by atoms with E-state index in [4.69, 9.17) is 15.2 Å². The third-order valence-corrected chi connectivity index (χ3v) is 8.22. The summed E-state index contributed by atoms with van der Waals surface area (Å²) in [6.07, 6.45) is 9.70. The van der Waals surface area contributed by atoms with Crippen LogP contribution in [0.5, 0.6) is 0 Å². The van der Waals surface area contributed by atoms with Crippen LogP contribution in [0.15, 0.2) is 73.6 Å². The number of non-ortho nitro benzene ring substituents is 1. The van der Waals surface area contributed by atoms with Crippen LogP contribution in [-0.4, -0.2) is 98.5 Å². The van der Waals surface area contributed by atoms with Crippen LogP contribution in [0.25, 0.3) is 22.5 Å². The van der Waals surface area contributed by atoms with Crippen molar-refractivity contribution in [1.82, 2.24) is 28.9 Å². The van der Waals surface area contributed by atoms with Gasteiger partial charge in [0.1, 0.15) is 12.7 Å². The number of benzene rings is 2. The van der Waals surface area contributed by atoms with Crippen molar-refractivity contribution in [3.63, 3.8) is 0 Å². The summed E-state index contributed by atoms with van der Waals surface area (Å²) >= 11 is 0. The van der Waals surface area contributed by atoms with Crippen molar-refractivity contribution in [1.29, 1.82) is 0 Å². The molecule has 0 radical (unpaired) electrons. The summed E-state index contributed by atoms with van der Waals surface area (Å²) in [6.45, 7) is 2.73. The molecule has 2 aliphatic heterocycles. The van der Waals surface area contributed by atoms with Crippen LogP contribution in [-0.2, 0) is 29.9 Å². The van der Waals surface area contributed by atoms with E-state index in [1.807, 2.05) is 31.3 Å². The number of hydrogen-bond acceptors (Lipinski definition) is 9. The quantitative estimate of drug-likeness (QED) is 0.132. The number of nitrogens with two attached hydrogens (primary N) is 1. The number of nitro groups is 1. The van der Waals surface area contributed by atoms with Gasteiger partial charge in [-0.1, -0.05) is 24.3 Å². The van der Waals surface area contributed by atoms with Crippen LogP contribution in [0.3, 0.4) is 0 Å². The Balaban J connectivity index is 0.000000209. The first kappa shape index (κ1) is 35.4. The summed E-state index contributed by atoms with van der Waals surface area (Å²) in [4.78, 5) is 47.5. The summed E-state index contributed by atoms with van der Waals surface area (Å²) in [5.74, 6) is 0. The monoisotopic (exact) mass is 736 g/mol. The Hall–Kier alpha value is -4.42. The maximum atomic E-state index is 12.6. The minimum Gasteiger partial charge on any atom is -0.399 e. The van der Waals surface area contributed by atoms with Crippen molar-refractivity contribution in [3.8, 4) is 22.5 Å². The average molecular weight is 737 g/mol. The molecule has 0 aliphatic carbocycles. The van der Waals surface area contributed by atoms with E-state index in [9.17, 15) is 19.7 Å². The van der Waals surface area contributed by atoms with Gasteiger partial charge in [0.15, 0.2) is 0 Å². The smallest absolute Gasteiger partial charge is 0.329 e. The van der Waals surface area contributed by atoms with Gasteiger partial charge in [0.05, 0.1) is 16.3 Å². The minimum atomic E-state index is -0.454. The molecule has 0 unspecified atom stereocenters. The van der Waals surface area contributed by atoms with E-state index >= 15 is 0 Å². The fraction of sp³-hybridized carbons (Fsp3) is 0.375. The number of nitro benzene ring substituents is 1. The topological polar surface area (TPSA) is 164 Å². The van der Waals surface area contributed by atoms with E-state index in [1.54, 1.807) is 47.7 Å². The predicted octanol–water partition coefficient (Wildman–Crippen LogP) is 4.75. The Kier molecular flexibility index (Phi) is 12.4. The molecule has 6 rings (SSSR count). The van der Waals surface area contributed by atoms with Crippen molar-refractivity contribution < 1.29 is 44.4 Å². The number of carbonyl (C=O) groups excluding carboxylic acids is 2. The van der Waals surface area contributed by atoms with Gasteiger partial charge in [0, 0.05) is 114 Å². The first-order valence-corrected chi connectivity index (χ1v) is 15.1. The molecule has 2 fully saturated rings. The molecule has 0 saturated carbocycles. The fourth-order valence-corrected chi connectivity index (χ4v) is 5.45. The van der Waals surface area contributed by atoms with Crippen LogP contribution >= 0.6 is 0 Å². The number of anilines is 1. The molecule has 2 aliphatic rings. The molecular weight excluding hydrogens is 699 g/mol. The molecule has 0 spiro atoms. The van der Waals surface area contributed by atoms with Crippen LogP contribution in [0.1, 0.15) is 25.7 Å². The van der Waals surface area contributed by atoms with Gasteiger partial charge in [-0.05, 0) is 37.8 Å². The molecule has 2 aromatic heterocycles. The number of imidazole rings is 2. The summed E-state index contributed by atoms with van der Waals surface area (Å²) in [6, 6.07) is 13.8. The zero-order valence-electron chi connectivity index (χ0n) is 26.2. The molecule has 2 amide bonds. The Bertz CT molecular complexity index is 1660. The van der Waals surface area contributed by atoms with Crippen molar-refractivity contribution in [2.75, 3.05) is 46.3 Å². The van der Waals surface area contributed by atoms with Crippen LogP contribution in [0.2, 0.25) is 0 Å². The second-order valence-electron chi connectivity index (χ2n) is 11.2. The molecule has 4 heterocycles. The first-order chi connectivity index (χ1) is 22.2. The average Bonchev–Trinajstić information content (AvgIpc) is 3.80. The normalized spacial score (nSPS) is 15.1. The predicted molar refractivity (Wildman–Crippen MR) is 171 cm³/mol. The van der Waals surface area contributed by atoms with Crippen molar-refractivity contribution in [3.05, 3.63) is 83.7 Å². The number of amides is 2. The summed E-state index contributed by atoms with van der Waals surface area (Å²) in [5.41, 5.74) is 9.22. The van der Waals surface area contributed by atoms with Crippen molar-refractivity contribution in [2.24, 2.45) is 0 Å². The van der Waals surface area contributed by atoms with E-state index in [-0.39, 0.29) is 50.3 Å². The molecule has 0 atom stereocenters. The number of carbonyl (C=O) groups is 2. The number of hydrogen-bond donors (Lipinski definition) is 1. The van der Waals surface area contributed by atoms with Crippen LogP contribution < -0.4 is 5.73 Å². The van der Waals surface area contributed by atoms with E-state index in [0.29, 0.717) is 43.4 Å². The molecule has 2 N–H and O–H groups in total. The van der Waals surface area contributed by atoms with Gasteiger partial charge in [-0.2, -0.15) is 0 Å². The molecule has 14 nitrogen and oxygen atoms in total. The molecule has 2 aromatic carbocycles. The number of rotatable bonds is 5. The van der Waals surface area contributed by atoms with Gasteiger partial charge in [-0.15, -0.1) is 0 Å². The van der Waals surface area contributed by atoms with E-state index in [2.05, 4.69) is 9.97 Å².